The van der Waals surface area contributed by atoms with Crippen LogP contribution in [0.1, 0.15) is 0 Å². The first-order valence-corrected chi connectivity index (χ1v) is 32.6. The topological polar surface area (TPSA) is 73.8 Å². The average Bonchev–Trinajstić information content (AvgIpc) is 2.22. The fraction of sp³-hybridized carbons (Fsp3) is 1.00. The minimum atomic E-state index is -3.21. The van der Waals surface area contributed by atoms with Gasteiger partial charge in [0.15, 0.2) is 33.3 Å². The number of hydrogen-bond acceptors (Lipinski definition) is 8. The van der Waals surface area contributed by atoms with E-state index in [-0.39, 0.29) is 0 Å². The molecular formula is C15H46O8Si8. The predicted octanol–water partition coefficient (Wildman–Crippen LogP) is 4.90. The van der Waals surface area contributed by atoms with Gasteiger partial charge in [-0.25, -0.2) is 0 Å². The first kappa shape index (κ1) is 30.4. The van der Waals surface area contributed by atoms with Gasteiger partial charge in [-0.05, 0) is 78.6 Å². The summed E-state index contributed by atoms with van der Waals surface area (Å²) in [7, 11) is -20.2. The minimum absolute atomic E-state index is 1.92. The van der Waals surface area contributed by atoms with Gasteiger partial charge in [0.1, 0.15) is 0 Å². The van der Waals surface area contributed by atoms with Gasteiger partial charge in [-0.1, -0.05) is 0 Å². The van der Waals surface area contributed by atoms with Crippen LogP contribution in [0.25, 0.3) is 0 Å². The van der Waals surface area contributed by atoms with E-state index in [1.807, 2.05) is 19.6 Å². The van der Waals surface area contributed by atoms with Crippen LogP contribution < -0.4 is 0 Å². The second-order valence-corrected chi connectivity index (χ2v) is 41.8. The maximum absolute atomic E-state index is 6.69. The van der Waals surface area contributed by atoms with Crippen molar-refractivity contribution < 1.29 is 32.9 Å². The first-order valence-electron chi connectivity index (χ1n) is 10.9. The smallest absolute Gasteiger partial charge is 0.419 e. The SMILES string of the molecule is C[Si](C)(C)O[SiH]1O[Si](C)(O[Si](C)(C)C)O[Si](C)(O[Si](C)(C)C)O[Si](C)(O[Si](C)(C)C)O1. The molecule has 1 heterocycles. The molecular weight excluding hydrogens is 533 g/mol. The molecule has 8 nitrogen and oxygen atoms in total. The molecule has 0 radical (unpaired) electrons. The summed E-state index contributed by atoms with van der Waals surface area (Å²) in [5.74, 6) is 0. The highest BCUT2D eigenvalue weighted by Gasteiger charge is 2.61. The molecule has 0 saturated carbocycles. The Kier molecular flexibility index (Phi) is 9.64. The monoisotopic (exact) mass is 578 g/mol. The van der Waals surface area contributed by atoms with Gasteiger partial charge in [-0.2, -0.15) is 0 Å². The second kappa shape index (κ2) is 9.81. The Morgan fingerprint density at radius 1 is 0.484 bits per heavy atom. The second-order valence-electron chi connectivity index (χ2n) is 12.2. The molecule has 0 N–H and O–H groups in total. The van der Waals surface area contributed by atoms with Crippen molar-refractivity contribution in [3.05, 3.63) is 0 Å². The molecule has 1 aliphatic rings. The summed E-state index contributed by atoms with van der Waals surface area (Å²) in [4.78, 5) is 0. The fourth-order valence-corrected chi connectivity index (χ4v) is 34.2. The molecule has 1 rings (SSSR count). The van der Waals surface area contributed by atoms with Crippen LogP contribution in [0.15, 0.2) is 0 Å². The molecule has 0 aliphatic carbocycles. The largest absolute Gasteiger partial charge is 0.472 e. The van der Waals surface area contributed by atoms with Crippen molar-refractivity contribution in [2.75, 3.05) is 0 Å². The zero-order valence-electron chi connectivity index (χ0n) is 22.3. The normalized spacial score (nSPS) is 34.4. The Balaban J connectivity index is 3.49. The van der Waals surface area contributed by atoms with Crippen LogP contribution in [-0.2, 0) is 32.9 Å². The predicted molar refractivity (Wildman–Crippen MR) is 144 cm³/mol. The molecule has 186 valence electrons. The molecule has 0 bridgehead atoms. The van der Waals surface area contributed by atoms with E-state index >= 15 is 0 Å². The number of rotatable bonds is 8. The van der Waals surface area contributed by atoms with Crippen molar-refractivity contribution in [1.29, 1.82) is 0 Å². The summed E-state index contributed by atoms with van der Waals surface area (Å²) in [6.45, 7) is 31.3. The molecule has 1 fully saturated rings. The summed E-state index contributed by atoms with van der Waals surface area (Å²) >= 11 is 0. The molecule has 1 saturated heterocycles. The molecule has 31 heavy (non-hydrogen) atoms. The highest BCUT2D eigenvalue weighted by Crippen LogP contribution is 2.34. The van der Waals surface area contributed by atoms with Gasteiger partial charge in [-0.15, -0.1) is 0 Å². The lowest BCUT2D eigenvalue weighted by Crippen LogP contribution is -2.71. The zero-order chi connectivity index (χ0) is 24.7. The van der Waals surface area contributed by atoms with Crippen LogP contribution in [0.5, 0.6) is 0 Å². The van der Waals surface area contributed by atoms with Crippen LogP contribution in [0, 0.1) is 0 Å². The van der Waals surface area contributed by atoms with E-state index in [1.54, 1.807) is 0 Å². The summed E-state index contributed by atoms with van der Waals surface area (Å²) in [6, 6.07) is 0. The van der Waals surface area contributed by atoms with Gasteiger partial charge in [0.2, 0.25) is 0 Å². The molecule has 2 atom stereocenters. The number of hydrogen-bond donors (Lipinski definition) is 0. The molecule has 0 amide bonds. The third-order valence-corrected chi connectivity index (χ3v) is 29.6. The van der Waals surface area contributed by atoms with Crippen molar-refractivity contribution in [2.45, 2.75) is 98.2 Å². The van der Waals surface area contributed by atoms with Gasteiger partial charge >= 0.3 is 35.9 Å². The summed E-state index contributed by atoms with van der Waals surface area (Å²) in [5.41, 5.74) is 0. The van der Waals surface area contributed by atoms with Crippen molar-refractivity contribution >= 4 is 69.2 Å². The van der Waals surface area contributed by atoms with Crippen molar-refractivity contribution in [3.63, 3.8) is 0 Å². The molecule has 16 heteroatoms. The Morgan fingerprint density at radius 3 is 1.03 bits per heavy atom. The van der Waals surface area contributed by atoms with E-state index in [2.05, 4.69) is 78.6 Å². The first-order chi connectivity index (χ1) is 13.3. The molecule has 0 aromatic carbocycles. The van der Waals surface area contributed by atoms with E-state index in [0.717, 1.165) is 0 Å². The summed E-state index contributed by atoms with van der Waals surface area (Å²) in [6.07, 6.45) is 0. The lowest BCUT2D eigenvalue weighted by atomic mass is 11.8. The molecule has 0 aromatic heterocycles. The van der Waals surface area contributed by atoms with E-state index in [0.29, 0.717) is 0 Å². The van der Waals surface area contributed by atoms with Crippen molar-refractivity contribution in [3.8, 4) is 0 Å². The standard InChI is InChI=1S/C15H46O8Si8/c1-25(2,3)16-24-17-29(13,19-26(4,5)6)22-31(15,21-28(10,11)12)23-30(14,18-24)20-27(7,8)9/h24H,1-15H3. The highest BCUT2D eigenvalue weighted by atomic mass is 28.6. The highest BCUT2D eigenvalue weighted by molar-refractivity contribution is 6.93. The average molecular weight is 579 g/mol. The minimum Gasteiger partial charge on any atom is -0.419 e. The maximum atomic E-state index is 6.69. The van der Waals surface area contributed by atoms with Gasteiger partial charge in [-0.3, -0.25) is 0 Å². The van der Waals surface area contributed by atoms with E-state index in [1.165, 1.54) is 0 Å². The lowest BCUT2D eigenvalue weighted by Gasteiger charge is -2.48. The van der Waals surface area contributed by atoms with Crippen LogP contribution in [0.3, 0.4) is 0 Å². The Morgan fingerprint density at radius 2 is 0.774 bits per heavy atom. The zero-order valence-corrected chi connectivity index (χ0v) is 30.5. The van der Waals surface area contributed by atoms with Gasteiger partial charge < -0.3 is 32.9 Å². The van der Waals surface area contributed by atoms with Crippen LogP contribution in [0.2, 0.25) is 98.2 Å². The maximum Gasteiger partial charge on any atom is 0.472 e. The third-order valence-electron chi connectivity index (χ3n) is 3.29. The van der Waals surface area contributed by atoms with Crippen LogP contribution >= 0.6 is 0 Å². The Labute approximate surface area is 199 Å². The van der Waals surface area contributed by atoms with Crippen molar-refractivity contribution in [1.82, 2.24) is 0 Å². The molecule has 1 aliphatic heterocycles. The molecule has 0 spiro atoms. The van der Waals surface area contributed by atoms with Crippen LogP contribution in [-0.4, -0.2) is 69.2 Å². The van der Waals surface area contributed by atoms with Crippen LogP contribution in [0.4, 0.5) is 0 Å². The quantitative estimate of drug-likeness (QED) is 0.377. The van der Waals surface area contributed by atoms with E-state index < -0.39 is 69.2 Å². The fourth-order valence-electron chi connectivity index (χ4n) is 3.25. The van der Waals surface area contributed by atoms with E-state index in [4.69, 9.17) is 32.9 Å². The lowest BCUT2D eigenvalue weighted by molar-refractivity contribution is 0.102. The van der Waals surface area contributed by atoms with Gasteiger partial charge in [0.05, 0.1) is 0 Å². The third kappa shape index (κ3) is 12.6. The van der Waals surface area contributed by atoms with Gasteiger partial charge in [0.25, 0.3) is 0 Å². The van der Waals surface area contributed by atoms with Crippen molar-refractivity contribution in [2.24, 2.45) is 0 Å². The van der Waals surface area contributed by atoms with Gasteiger partial charge in [0, 0.05) is 19.6 Å². The molecule has 2 unspecified atom stereocenters. The summed E-state index contributed by atoms with van der Waals surface area (Å²) in [5, 5.41) is 0. The molecule has 0 aromatic rings. The Bertz CT molecular complexity index is 580. The van der Waals surface area contributed by atoms with E-state index in [9.17, 15) is 0 Å². The Hall–Kier alpha value is 1.42. The summed E-state index contributed by atoms with van der Waals surface area (Å²) < 4.78 is 52.5.